The van der Waals surface area contributed by atoms with Gasteiger partial charge in [0.2, 0.25) is 0 Å². The molecule has 1 fully saturated rings. The van der Waals surface area contributed by atoms with E-state index in [2.05, 4.69) is 17.7 Å². The second-order valence-corrected chi connectivity index (χ2v) is 3.53. The molecular weight excluding hydrogens is 150 g/mol. The second-order valence-electron chi connectivity index (χ2n) is 3.53. The number of terminal acetylenes is 1. The van der Waals surface area contributed by atoms with Gasteiger partial charge in [-0.05, 0) is 19.8 Å². The normalized spacial score (nSPS) is 31.4. The Bertz CT molecular complexity index is 173. The van der Waals surface area contributed by atoms with Crippen LogP contribution in [0.25, 0.3) is 0 Å². The minimum atomic E-state index is -0.140. The van der Waals surface area contributed by atoms with Gasteiger partial charge in [0.15, 0.2) is 0 Å². The van der Waals surface area contributed by atoms with Crippen molar-refractivity contribution in [2.45, 2.75) is 38.3 Å². The highest BCUT2D eigenvalue weighted by molar-refractivity contribution is 4.87. The van der Waals surface area contributed by atoms with Crippen molar-refractivity contribution in [3.05, 3.63) is 0 Å². The Labute approximate surface area is 74.6 Å². The zero-order chi connectivity index (χ0) is 8.97. The molecule has 1 N–H and O–H groups in total. The van der Waals surface area contributed by atoms with E-state index in [-0.39, 0.29) is 6.10 Å². The Balaban J connectivity index is 2.34. The number of aliphatic hydroxyl groups excluding tert-OH is 1. The van der Waals surface area contributed by atoms with Gasteiger partial charge in [-0.1, -0.05) is 0 Å². The number of nitrogens with zero attached hydrogens (tertiary/aromatic N) is 1. The van der Waals surface area contributed by atoms with Crippen LogP contribution >= 0.6 is 0 Å². The predicted octanol–water partition coefficient (Wildman–Crippen LogP) is 0.855. The van der Waals surface area contributed by atoms with Gasteiger partial charge in [-0.2, -0.15) is 0 Å². The Kier molecular flexibility index (Phi) is 3.58. The third-order valence-electron chi connectivity index (χ3n) is 2.53. The topological polar surface area (TPSA) is 23.5 Å². The van der Waals surface area contributed by atoms with Crippen molar-refractivity contribution in [2.75, 3.05) is 13.1 Å². The summed E-state index contributed by atoms with van der Waals surface area (Å²) in [4.78, 5) is 2.27. The molecule has 0 spiro atoms. The minimum absolute atomic E-state index is 0.140. The molecule has 2 unspecified atom stereocenters. The molecule has 0 amide bonds. The van der Waals surface area contributed by atoms with Crippen LogP contribution in [0.4, 0.5) is 0 Å². The van der Waals surface area contributed by atoms with Crippen LogP contribution in [-0.2, 0) is 0 Å². The molecule has 2 atom stereocenters. The minimum Gasteiger partial charge on any atom is -0.392 e. The fraction of sp³-hybridized carbons (Fsp3) is 0.800. The van der Waals surface area contributed by atoms with Gasteiger partial charge >= 0.3 is 0 Å². The van der Waals surface area contributed by atoms with Crippen LogP contribution in [0.15, 0.2) is 0 Å². The molecule has 2 heteroatoms. The van der Waals surface area contributed by atoms with E-state index in [1.54, 1.807) is 0 Å². The molecule has 0 aromatic heterocycles. The third kappa shape index (κ3) is 2.51. The summed E-state index contributed by atoms with van der Waals surface area (Å²) in [5.74, 6) is 2.63. The van der Waals surface area contributed by atoms with E-state index in [0.717, 1.165) is 32.4 Å². The maximum atomic E-state index is 9.40. The fourth-order valence-corrected chi connectivity index (χ4v) is 1.68. The molecule has 1 aliphatic rings. The Hall–Kier alpha value is -0.520. The van der Waals surface area contributed by atoms with Crippen molar-refractivity contribution in [1.29, 1.82) is 0 Å². The number of hydrogen-bond acceptors (Lipinski definition) is 2. The van der Waals surface area contributed by atoms with Crippen molar-refractivity contribution in [1.82, 2.24) is 4.90 Å². The summed E-state index contributed by atoms with van der Waals surface area (Å²) in [6.07, 6.45) is 7.86. The highest BCUT2D eigenvalue weighted by Gasteiger charge is 2.22. The van der Waals surface area contributed by atoms with E-state index in [1.807, 2.05) is 0 Å². The van der Waals surface area contributed by atoms with Crippen LogP contribution in [0.5, 0.6) is 0 Å². The first-order valence-electron chi connectivity index (χ1n) is 4.59. The summed E-state index contributed by atoms with van der Waals surface area (Å²) in [6.45, 7) is 3.92. The van der Waals surface area contributed by atoms with Crippen LogP contribution in [-0.4, -0.2) is 35.2 Å². The average Bonchev–Trinajstić information content (AvgIpc) is 2.07. The summed E-state index contributed by atoms with van der Waals surface area (Å²) in [5, 5.41) is 9.40. The molecule has 0 radical (unpaired) electrons. The SMILES string of the molecule is C#CCCN1CC(O)CCC1C. The summed E-state index contributed by atoms with van der Waals surface area (Å²) in [5.41, 5.74) is 0. The van der Waals surface area contributed by atoms with Gasteiger partial charge in [-0.15, -0.1) is 12.3 Å². The van der Waals surface area contributed by atoms with Gasteiger partial charge in [0.1, 0.15) is 0 Å². The van der Waals surface area contributed by atoms with E-state index >= 15 is 0 Å². The number of hydrogen-bond donors (Lipinski definition) is 1. The third-order valence-corrected chi connectivity index (χ3v) is 2.53. The van der Waals surface area contributed by atoms with Crippen molar-refractivity contribution in [2.24, 2.45) is 0 Å². The standard InChI is InChI=1S/C10H17NO/c1-3-4-7-11-8-10(12)6-5-9(11)2/h1,9-10,12H,4-8H2,2H3. The Morgan fingerprint density at radius 3 is 3.00 bits per heavy atom. The number of likely N-dealkylation sites (tertiary alicyclic amines) is 1. The van der Waals surface area contributed by atoms with Gasteiger partial charge in [-0.25, -0.2) is 0 Å². The monoisotopic (exact) mass is 167 g/mol. The van der Waals surface area contributed by atoms with E-state index in [0.29, 0.717) is 6.04 Å². The molecule has 1 rings (SSSR count). The average molecular weight is 167 g/mol. The zero-order valence-corrected chi connectivity index (χ0v) is 7.66. The molecule has 2 nitrogen and oxygen atoms in total. The first-order chi connectivity index (χ1) is 5.74. The summed E-state index contributed by atoms with van der Waals surface area (Å²) < 4.78 is 0. The lowest BCUT2D eigenvalue weighted by atomic mass is 10.0. The van der Waals surface area contributed by atoms with Gasteiger partial charge in [0, 0.05) is 25.6 Å². The Morgan fingerprint density at radius 1 is 1.58 bits per heavy atom. The van der Waals surface area contributed by atoms with Crippen LogP contribution in [0.3, 0.4) is 0 Å². The maximum Gasteiger partial charge on any atom is 0.0667 e. The quantitative estimate of drug-likeness (QED) is 0.616. The molecule has 0 aromatic carbocycles. The molecule has 12 heavy (non-hydrogen) atoms. The van der Waals surface area contributed by atoms with E-state index in [4.69, 9.17) is 6.42 Å². The van der Waals surface area contributed by atoms with Gasteiger partial charge in [0.25, 0.3) is 0 Å². The largest absolute Gasteiger partial charge is 0.392 e. The molecule has 1 aliphatic heterocycles. The van der Waals surface area contributed by atoms with Crippen molar-refractivity contribution >= 4 is 0 Å². The van der Waals surface area contributed by atoms with E-state index in [9.17, 15) is 5.11 Å². The van der Waals surface area contributed by atoms with Crippen LogP contribution in [0, 0.1) is 12.3 Å². The number of aliphatic hydroxyl groups is 1. The lowest BCUT2D eigenvalue weighted by molar-refractivity contribution is 0.0425. The first-order valence-corrected chi connectivity index (χ1v) is 4.59. The van der Waals surface area contributed by atoms with Gasteiger partial charge in [0.05, 0.1) is 6.10 Å². The highest BCUT2D eigenvalue weighted by Crippen LogP contribution is 2.16. The lowest BCUT2D eigenvalue weighted by Crippen LogP contribution is -2.44. The smallest absolute Gasteiger partial charge is 0.0667 e. The molecule has 1 heterocycles. The van der Waals surface area contributed by atoms with Crippen molar-refractivity contribution in [3.8, 4) is 12.3 Å². The van der Waals surface area contributed by atoms with Gasteiger partial charge < -0.3 is 5.11 Å². The molecule has 0 saturated carbocycles. The van der Waals surface area contributed by atoms with Crippen molar-refractivity contribution in [3.63, 3.8) is 0 Å². The number of β-amino-alcohol motifs (C(OH)–C–C–N with tert-alkyl or cyclic N) is 1. The Morgan fingerprint density at radius 2 is 2.33 bits per heavy atom. The number of rotatable bonds is 2. The van der Waals surface area contributed by atoms with Gasteiger partial charge in [-0.3, -0.25) is 4.90 Å². The summed E-state index contributed by atoms with van der Waals surface area (Å²) >= 11 is 0. The summed E-state index contributed by atoms with van der Waals surface area (Å²) in [7, 11) is 0. The zero-order valence-electron chi connectivity index (χ0n) is 7.66. The van der Waals surface area contributed by atoms with Crippen LogP contribution in [0.2, 0.25) is 0 Å². The van der Waals surface area contributed by atoms with Crippen LogP contribution < -0.4 is 0 Å². The highest BCUT2D eigenvalue weighted by atomic mass is 16.3. The second kappa shape index (κ2) is 4.49. The number of piperidine rings is 1. The van der Waals surface area contributed by atoms with E-state index in [1.165, 1.54) is 0 Å². The predicted molar refractivity (Wildman–Crippen MR) is 49.7 cm³/mol. The fourth-order valence-electron chi connectivity index (χ4n) is 1.68. The first kappa shape index (κ1) is 9.57. The molecule has 1 saturated heterocycles. The van der Waals surface area contributed by atoms with E-state index < -0.39 is 0 Å². The lowest BCUT2D eigenvalue weighted by Gasteiger charge is -2.35. The molecule has 0 aromatic rings. The summed E-state index contributed by atoms with van der Waals surface area (Å²) in [6, 6.07) is 0.585. The molecule has 0 bridgehead atoms. The maximum absolute atomic E-state index is 9.40. The van der Waals surface area contributed by atoms with Crippen molar-refractivity contribution < 1.29 is 5.11 Å². The molecule has 68 valence electrons. The molecular formula is C10H17NO. The van der Waals surface area contributed by atoms with Crippen LogP contribution in [0.1, 0.15) is 26.2 Å². The molecule has 0 aliphatic carbocycles.